The van der Waals surface area contributed by atoms with E-state index in [9.17, 15) is 9.59 Å². The Balaban J connectivity index is 1.59. The summed E-state index contributed by atoms with van der Waals surface area (Å²) >= 11 is 6.03. The first-order chi connectivity index (χ1) is 14.1. The molecule has 1 aliphatic rings. The van der Waals surface area contributed by atoms with Gasteiger partial charge in [0.15, 0.2) is 0 Å². The molecule has 1 aliphatic heterocycles. The van der Waals surface area contributed by atoms with Crippen molar-refractivity contribution in [3.63, 3.8) is 0 Å². The second-order valence-electron chi connectivity index (χ2n) is 6.66. The highest BCUT2D eigenvalue weighted by atomic mass is 35.5. The van der Waals surface area contributed by atoms with Gasteiger partial charge in [0.25, 0.3) is 0 Å². The first kappa shape index (κ1) is 19.0. The van der Waals surface area contributed by atoms with Crippen molar-refractivity contribution in [3.8, 4) is 0 Å². The second kappa shape index (κ2) is 7.97. The van der Waals surface area contributed by atoms with Crippen molar-refractivity contribution in [2.75, 3.05) is 19.0 Å². The van der Waals surface area contributed by atoms with Crippen LogP contribution in [0.4, 0.5) is 10.5 Å². The molecule has 2 aromatic carbocycles. The molecule has 2 amide bonds. The molecule has 29 heavy (non-hydrogen) atoms. The Morgan fingerprint density at radius 2 is 1.90 bits per heavy atom. The van der Waals surface area contributed by atoms with Gasteiger partial charge < -0.3 is 19.9 Å². The molecule has 1 unspecified atom stereocenters. The van der Waals surface area contributed by atoms with Gasteiger partial charge in [-0.1, -0.05) is 23.7 Å². The van der Waals surface area contributed by atoms with Crippen LogP contribution in [0.15, 0.2) is 54.9 Å². The smallest absolute Gasteiger partial charge is 0.337 e. The highest BCUT2D eigenvalue weighted by molar-refractivity contribution is 6.30. The fourth-order valence-corrected chi connectivity index (χ4v) is 3.61. The summed E-state index contributed by atoms with van der Waals surface area (Å²) in [7, 11) is 1.33. The number of aromatic nitrogens is 2. The molecule has 4 rings (SSSR count). The first-order valence-corrected chi connectivity index (χ1v) is 9.48. The maximum absolute atomic E-state index is 13.1. The van der Waals surface area contributed by atoms with Crippen LogP contribution in [0.2, 0.25) is 5.02 Å². The maximum Gasteiger partial charge on any atom is 0.337 e. The number of methoxy groups -OCH3 is 1. The molecule has 0 radical (unpaired) electrons. The number of H-pyrrole nitrogens is 1. The zero-order valence-electron chi connectivity index (χ0n) is 15.7. The Bertz CT molecular complexity index is 1030. The number of fused-ring (bicyclic) bond motifs is 1. The molecule has 0 bridgehead atoms. The number of nitrogens with zero attached hydrogens (tertiary/aromatic N) is 2. The molecular formula is C21H19ClN4O3. The lowest BCUT2D eigenvalue weighted by Crippen LogP contribution is -2.43. The Morgan fingerprint density at radius 3 is 2.59 bits per heavy atom. The minimum atomic E-state index is -0.423. The Hall–Kier alpha value is -3.32. The number of hydrogen-bond donors (Lipinski definition) is 2. The van der Waals surface area contributed by atoms with Gasteiger partial charge in [0.05, 0.1) is 24.7 Å². The van der Waals surface area contributed by atoms with Crippen molar-refractivity contribution < 1.29 is 14.3 Å². The Morgan fingerprint density at radius 1 is 1.17 bits per heavy atom. The molecule has 1 atom stereocenters. The quantitative estimate of drug-likeness (QED) is 0.638. The maximum atomic E-state index is 13.1. The normalized spacial score (nSPS) is 15.5. The van der Waals surface area contributed by atoms with Gasteiger partial charge >= 0.3 is 12.0 Å². The molecule has 0 saturated carbocycles. The minimum absolute atomic E-state index is 0.246. The number of rotatable bonds is 3. The van der Waals surface area contributed by atoms with Crippen LogP contribution in [0.5, 0.6) is 0 Å². The fraction of sp³-hybridized carbons (Fsp3) is 0.190. The largest absolute Gasteiger partial charge is 0.465 e. The van der Waals surface area contributed by atoms with Gasteiger partial charge in [0.2, 0.25) is 0 Å². The fourth-order valence-electron chi connectivity index (χ4n) is 3.48. The van der Waals surface area contributed by atoms with Crippen molar-refractivity contribution in [2.24, 2.45) is 0 Å². The lowest BCUT2D eigenvalue weighted by molar-refractivity contribution is 0.0600. The summed E-state index contributed by atoms with van der Waals surface area (Å²) < 4.78 is 4.70. The van der Waals surface area contributed by atoms with E-state index in [1.165, 1.54) is 7.11 Å². The highest BCUT2D eigenvalue weighted by Crippen LogP contribution is 2.34. The molecule has 0 spiro atoms. The summed E-state index contributed by atoms with van der Waals surface area (Å²) in [6, 6.07) is 13.4. The van der Waals surface area contributed by atoms with Gasteiger partial charge in [-0.3, -0.25) is 0 Å². The van der Waals surface area contributed by atoms with Crippen molar-refractivity contribution >= 4 is 29.3 Å². The number of imidazole rings is 1. The number of nitrogens with one attached hydrogen (secondary N) is 2. The number of benzene rings is 2. The summed E-state index contributed by atoms with van der Waals surface area (Å²) in [5.74, 6) is -0.423. The van der Waals surface area contributed by atoms with Crippen LogP contribution in [0.1, 0.15) is 33.4 Å². The third-order valence-corrected chi connectivity index (χ3v) is 5.18. The lowest BCUT2D eigenvalue weighted by atomic mass is 9.96. The molecule has 2 N–H and O–H groups in total. The zero-order valence-corrected chi connectivity index (χ0v) is 16.4. The standard InChI is InChI=1S/C21H19ClN4O3/c1-29-20(27)14-4-8-16(9-5-14)25-21(28)26-11-10-17-18(24-12-23-17)19(26)13-2-6-15(22)7-3-13/h2-9,12,19H,10-11H2,1H3,(H,23,24)(H,25,28). The number of esters is 1. The van der Waals surface area contributed by atoms with Crippen molar-refractivity contribution in [1.82, 2.24) is 14.9 Å². The summed E-state index contributed by atoms with van der Waals surface area (Å²) in [5.41, 5.74) is 3.79. The van der Waals surface area contributed by atoms with Crippen LogP contribution in [0.3, 0.4) is 0 Å². The number of amides is 2. The van der Waals surface area contributed by atoms with Crippen molar-refractivity contribution in [1.29, 1.82) is 0 Å². The number of aromatic amines is 1. The highest BCUT2D eigenvalue weighted by Gasteiger charge is 2.34. The van der Waals surface area contributed by atoms with E-state index in [2.05, 4.69) is 15.3 Å². The molecule has 8 heteroatoms. The van der Waals surface area contributed by atoms with Crippen molar-refractivity contribution in [2.45, 2.75) is 12.5 Å². The lowest BCUT2D eigenvalue weighted by Gasteiger charge is -2.35. The van der Waals surface area contributed by atoms with Crippen LogP contribution in [-0.4, -0.2) is 40.5 Å². The SMILES string of the molecule is COC(=O)c1ccc(NC(=O)N2CCc3[nH]cnc3C2c2ccc(Cl)cc2)cc1. The monoisotopic (exact) mass is 410 g/mol. The molecule has 148 valence electrons. The van der Waals surface area contributed by atoms with E-state index < -0.39 is 5.97 Å². The molecule has 2 heterocycles. The molecule has 0 fully saturated rings. The molecule has 7 nitrogen and oxygen atoms in total. The average Bonchev–Trinajstić information content (AvgIpc) is 3.22. The summed E-state index contributed by atoms with van der Waals surface area (Å²) in [6.07, 6.45) is 2.34. The second-order valence-corrected chi connectivity index (χ2v) is 7.10. The summed E-state index contributed by atoms with van der Waals surface area (Å²) in [4.78, 5) is 34.0. The van der Waals surface area contributed by atoms with Gasteiger partial charge in [-0.25, -0.2) is 14.6 Å². The average molecular weight is 411 g/mol. The third-order valence-electron chi connectivity index (χ3n) is 4.93. The van der Waals surface area contributed by atoms with Crippen molar-refractivity contribution in [3.05, 3.63) is 82.4 Å². The van der Waals surface area contributed by atoms with Gasteiger partial charge in [-0.05, 0) is 42.0 Å². The van der Waals surface area contributed by atoms with Gasteiger partial charge in [0, 0.05) is 29.4 Å². The van der Waals surface area contributed by atoms with E-state index in [1.807, 2.05) is 12.1 Å². The van der Waals surface area contributed by atoms with Crippen LogP contribution in [0, 0.1) is 0 Å². The number of halogens is 1. The predicted molar refractivity (Wildman–Crippen MR) is 109 cm³/mol. The molecule has 0 saturated heterocycles. The predicted octanol–water partition coefficient (Wildman–Crippen LogP) is 4.03. The molecule has 1 aromatic heterocycles. The number of anilines is 1. The van der Waals surface area contributed by atoms with Gasteiger partial charge in [-0.15, -0.1) is 0 Å². The number of carbonyl (C=O) groups excluding carboxylic acids is 2. The van der Waals surface area contributed by atoms with Crippen LogP contribution in [-0.2, 0) is 11.2 Å². The number of carbonyl (C=O) groups is 2. The first-order valence-electron chi connectivity index (χ1n) is 9.10. The summed E-state index contributed by atoms with van der Waals surface area (Å²) in [5, 5.41) is 3.53. The number of ether oxygens (including phenoxy) is 1. The third kappa shape index (κ3) is 3.82. The van der Waals surface area contributed by atoms with E-state index >= 15 is 0 Å². The minimum Gasteiger partial charge on any atom is -0.465 e. The van der Waals surface area contributed by atoms with E-state index in [0.717, 1.165) is 17.0 Å². The van der Waals surface area contributed by atoms with Crippen LogP contribution < -0.4 is 5.32 Å². The number of hydrogen-bond acceptors (Lipinski definition) is 4. The van der Waals surface area contributed by atoms with E-state index in [1.54, 1.807) is 47.6 Å². The van der Waals surface area contributed by atoms with Crippen LogP contribution >= 0.6 is 11.6 Å². The van der Waals surface area contributed by atoms with E-state index in [4.69, 9.17) is 16.3 Å². The zero-order chi connectivity index (χ0) is 20.4. The molecule has 3 aromatic rings. The Kier molecular flexibility index (Phi) is 5.22. The topological polar surface area (TPSA) is 87.3 Å². The van der Waals surface area contributed by atoms with Crippen LogP contribution in [0.25, 0.3) is 0 Å². The molecular weight excluding hydrogens is 392 g/mol. The molecule has 0 aliphatic carbocycles. The van der Waals surface area contributed by atoms with E-state index in [0.29, 0.717) is 29.2 Å². The summed E-state index contributed by atoms with van der Waals surface area (Å²) in [6.45, 7) is 0.536. The van der Waals surface area contributed by atoms with E-state index in [-0.39, 0.29) is 12.1 Å². The Labute approximate surface area is 172 Å². The van der Waals surface area contributed by atoms with Gasteiger partial charge in [0.1, 0.15) is 6.04 Å². The van der Waals surface area contributed by atoms with Gasteiger partial charge in [-0.2, -0.15) is 0 Å². The number of urea groups is 1.